The first-order valence-corrected chi connectivity index (χ1v) is 7.68. The number of rotatable bonds is 7. The van der Waals surface area contributed by atoms with Crippen LogP contribution in [0.2, 0.25) is 0 Å². The Morgan fingerprint density at radius 1 is 1.38 bits per heavy atom. The van der Waals surface area contributed by atoms with Crippen molar-refractivity contribution >= 4 is 18.3 Å². The van der Waals surface area contributed by atoms with Crippen LogP contribution < -0.4 is 15.4 Å². The lowest BCUT2D eigenvalue weighted by Crippen LogP contribution is -2.23. The predicted octanol–water partition coefficient (Wildman–Crippen LogP) is 3.06. The molecule has 24 heavy (non-hydrogen) atoms. The van der Waals surface area contributed by atoms with Gasteiger partial charge in [-0.05, 0) is 49.5 Å². The van der Waals surface area contributed by atoms with Crippen LogP contribution in [0, 0.1) is 5.92 Å². The number of halogens is 4. The van der Waals surface area contributed by atoms with Crippen LogP contribution in [0.15, 0.2) is 24.3 Å². The standard InChI is InChI=1S/C16H21F3N2O2.ClH/c17-16(18,19)11-23-14-3-1-2-13(8-14)10-21-15(22)5-4-12-6-7-20-9-12;/h1-3,8,12,20H,4-7,9-11H2,(H,21,22);1H. The lowest BCUT2D eigenvalue weighted by Gasteiger charge is -2.11. The molecule has 0 bridgehead atoms. The molecule has 1 heterocycles. The van der Waals surface area contributed by atoms with Gasteiger partial charge >= 0.3 is 6.18 Å². The third-order valence-corrected chi connectivity index (χ3v) is 3.73. The summed E-state index contributed by atoms with van der Waals surface area (Å²) in [4.78, 5) is 11.8. The zero-order valence-electron chi connectivity index (χ0n) is 13.2. The smallest absolute Gasteiger partial charge is 0.422 e. The van der Waals surface area contributed by atoms with Gasteiger partial charge in [0, 0.05) is 13.0 Å². The minimum atomic E-state index is -4.36. The molecule has 1 aromatic carbocycles. The number of benzene rings is 1. The van der Waals surface area contributed by atoms with E-state index < -0.39 is 12.8 Å². The van der Waals surface area contributed by atoms with Gasteiger partial charge in [0.2, 0.25) is 5.91 Å². The highest BCUT2D eigenvalue weighted by atomic mass is 35.5. The van der Waals surface area contributed by atoms with Gasteiger partial charge in [0.05, 0.1) is 0 Å². The van der Waals surface area contributed by atoms with Crippen LogP contribution >= 0.6 is 12.4 Å². The molecule has 1 atom stereocenters. The molecule has 1 saturated heterocycles. The van der Waals surface area contributed by atoms with Crippen molar-refractivity contribution in [3.8, 4) is 5.75 Å². The summed E-state index contributed by atoms with van der Waals surface area (Å²) >= 11 is 0. The third-order valence-electron chi connectivity index (χ3n) is 3.73. The van der Waals surface area contributed by atoms with Crippen LogP contribution in [0.1, 0.15) is 24.8 Å². The second-order valence-corrected chi connectivity index (χ2v) is 5.73. The molecule has 1 aliphatic heterocycles. The van der Waals surface area contributed by atoms with Gasteiger partial charge in [-0.3, -0.25) is 4.79 Å². The first-order valence-electron chi connectivity index (χ1n) is 7.68. The summed E-state index contributed by atoms with van der Waals surface area (Å²) in [5.41, 5.74) is 0.709. The molecule has 0 spiro atoms. The van der Waals surface area contributed by atoms with Crippen molar-refractivity contribution in [1.29, 1.82) is 0 Å². The number of hydrogen-bond donors (Lipinski definition) is 2. The molecule has 1 fully saturated rings. The fourth-order valence-corrected chi connectivity index (χ4v) is 2.50. The average Bonchev–Trinajstić information content (AvgIpc) is 3.02. The summed E-state index contributed by atoms with van der Waals surface area (Å²) in [6.45, 7) is 0.937. The summed E-state index contributed by atoms with van der Waals surface area (Å²) in [6.07, 6.45) is -1.94. The fraction of sp³-hybridized carbons (Fsp3) is 0.562. The van der Waals surface area contributed by atoms with Gasteiger partial charge in [0.15, 0.2) is 6.61 Å². The van der Waals surface area contributed by atoms with Crippen molar-refractivity contribution in [1.82, 2.24) is 10.6 Å². The number of hydrogen-bond acceptors (Lipinski definition) is 3. The molecule has 4 nitrogen and oxygen atoms in total. The monoisotopic (exact) mass is 366 g/mol. The lowest BCUT2D eigenvalue weighted by atomic mass is 10.0. The number of carbonyl (C=O) groups excluding carboxylic acids is 1. The molecule has 0 aliphatic carbocycles. The molecular weight excluding hydrogens is 345 g/mol. The van der Waals surface area contributed by atoms with Crippen molar-refractivity contribution in [3.05, 3.63) is 29.8 Å². The number of carbonyl (C=O) groups is 1. The number of amides is 1. The Morgan fingerprint density at radius 2 is 2.17 bits per heavy atom. The van der Waals surface area contributed by atoms with Crippen LogP contribution in [-0.2, 0) is 11.3 Å². The van der Waals surface area contributed by atoms with E-state index >= 15 is 0 Å². The van der Waals surface area contributed by atoms with Gasteiger partial charge in [-0.15, -0.1) is 12.4 Å². The molecule has 8 heteroatoms. The quantitative estimate of drug-likeness (QED) is 0.779. The third kappa shape index (κ3) is 7.88. The average molecular weight is 367 g/mol. The van der Waals surface area contributed by atoms with E-state index in [2.05, 4.69) is 15.4 Å². The minimum absolute atomic E-state index is 0. The number of nitrogens with one attached hydrogen (secondary N) is 2. The molecule has 1 amide bonds. The van der Waals surface area contributed by atoms with Crippen molar-refractivity contribution in [2.45, 2.75) is 32.0 Å². The lowest BCUT2D eigenvalue weighted by molar-refractivity contribution is -0.153. The maximum Gasteiger partial charge on any atom is 0.422 e. The summed E-state index contributed by atoms with van der Waals surface area (Å²) in [5.74, 6) is 0.657. The molecule has 1 unspecified atom stereocenters. The number of alkyl halides is 3. The normalized spacial score (nSPS) is 17.2. The summed E-state index contributed by atoms with van der Waals surface area (Å²) in [5, 5.41) is 6.04. The van der Waals surface area contributed by atoms with Crippen molar-refractivity contribution < 1.29 is 22.7 Å². The van der Waals surface area contributed by atoms with Crippen LogP contribution in [-0.4, -0.2) is 31.8 Å². The molecule has 0 radical (unpaired) electrons. The van der Waals surface area contributed by atoms with Gasteiger partial charge in [-0.2, -0.15) is 13.2 Å². The van der Waals surface area contributed by atoms with E-state index in [9.17, 15) is 18.0 Å². The maximum absolute atomic E-state index is 12.1. The molecular formula is C16H22ClF3N2O2. The van der Waals surface area contributed by atoms with Crippen molar-refractivity contribution in [3.63, 3.8) is 0 Å². The van der Waals surface area contributed by atoms with Gasteiger partial charge in [-0.1, -0.05) is 12.1 Å². The summed E-state index contributed by atoms with van der Waals surface area (Å²) in [6, 6.07) is 6.32. The SMILES string of the molecule is Cl.O=C(CCC1CCNC1)NCc1cccc(OCC(F)(F)F)c1. The van der Waals surface area contributed by atoms with E-state index in [1.54, 1.807) is 12.1 Å². The van der Waals surface area contributed by atoms with E-state index in [-0.39, 0.29) is 30.6 Å². The number of ether oxygens (including phenoxy) is 1. The zero-order valence-corrected chi connectivity index (χ0v) is 14.0. The highest BCUT2D eigenvalue weighted by Crippen LogP contribution is 2.19. The van der Waals surface area contributed by atoms with Gasteiger partial charge in [-0.25, -0.2) is 0 Å². The molecule has 2 rings (SSSR count). The van der Waals surface area contributed by atoms with E-state index in [0.717, 1.165) is 25.9 Å². The molecule has 0 aromatic heterocycles. The Balaban J connectivity index is 0.00000288. The van der Waals surface area contributed by atoms with Crippen molar-refractivity contribution in [2.24, 2.45) is 5.92 Å². The highest BCUT2D eigenvalue weighted by Gasteiger charge is 2.28. The summed E-state index contributed by atoms with van der Waals surface area (Å²) in [7, 11) is 0. The van der Waals surface area contributed by atoms with Crippen molar-refractivity contribution in [2.75, 3.05) is 19.7 Å². The first kappa shape index (κ1) is 20.6. The topological polar surface area (TPSA) is 50.4 Å². The molecule has 0 saturated carbocycles. The van der Waals surface area contributed by atoms with Crippen LogP contribution in [0.4, 0.5) is 13.2 Å². The maximum atomic E-state index is 12.1. The van der Waals surface area contributed by atoms with Crippen LogP contribution in [0.25, 0.3) is 0 Å². The molecule has 2 N–H and O–H groups in total. The zero-order chi connectivity index (χ0) is 16.7. The van der Waals surface area contributed by atoms with Gasteiger partial charge < -0.3 is 15.4 Å². The Kier molecular flexibility index (Phi) is 8.35. The van der Waals surface area contributed by atoms with E-state index in [1.165, 1.54) is 12.1 Å². The van der Waals surface area contributed by atoms with E-state index in [1.807, 2.05) is 0 Å². The highest BCUT2D eigenvalue weighted by molar-refractivity contribution is 5.85. The Labute approximate surface area is 145 Å². The first-order chi connectivity index (χ1) is 10.9. The molecule has 1 aromatic rings. The predicted molar refractivity (Wildman–Crippen MR) is 87.3 cm³/mol. The fourth-order valence-electron chi connectivity index (χ4n) is 2.50. The molecule has 136 valence electrons. The molecule has 1 aliphatic rings. The largest absolute Gasteiger partial charge is 0.484 e. The van der Waals surface area contributed by atoms with Gasteiger partial charge in [0.1, 0.15) is 5.75 Å². The van der Waals surface area contributed by atoms with Crippen LogP contribution in [0.5, 0.6) is 5.75 Å². The minimum Gasteiger partial charge on any atom is -0.484 e. The van der Waals surface area contributed by atoms with Crippen LogP contribution in [0.3, 0.4) is 0 Å². The van der Waals surface area contributed by atoms with Gasteiger partial charge in [0.25, 0.3) is 0 Å². The Hall–Kier alpha value is -1.47. The Morgan fingerprint density at radius 3 is 2.83 bits per heavy atom. The second-order valence-electron chi connectivity index (χ2n) is 5.73. The summed E-state index contributed by atoms with van der Waals surface area (Å²) < 4.78 is 41.1. The Bertz CT molecular complexity index is 520. The second kappa shape index (κ2) is 9.74. The van der Waals surface area contributed by atoms with E-state index in [4.69, 9.17) is 0 Å². The van der Waals surface area contributed by atoms with E-state index in [0.29, 0.717) is 17.9 Å².